The highest BCUT2D eigenvalue weighted by atomic mass is 16.7. The first-order chi connectivity index (χ1) is 8.69. The van der Waals surface area contributed by atoms with Gasteiger partial charge >= 0.3 is 0 Å². The number of hydrogen-bond donors (Lipinski definition) is 1. The maximum atomic E-state index is 5.55. The van der Waals surface area contributed by atoms with Crippen LogP contribution >= 0.6 is 0 Å². The van der Waals surface area contributed by atoms with Gasteiger partial charge in [0.25, 0.3) is 0 Å². The molecule has 0 radical (unpaired) electrons. The van der Waals surface area contributed by atoms with Gasteiger partial charge in [-0.15, -0.1) is 0 Å². The molecule has 1 aromatic rings. The molecule has 0 aromatic heterocycles. The fourth-order valence-electron chi connectivity index (χ4n) is 1.89. The smallest absolute Gasteiger partial charge is 0.188 e. The van der Waals surface area contributed by atoms with E-state index < -0.39 is 0 Å². The third kappa shape index (κ3) is 4.64. The van der Waals surface area contributed by atoms with Crippen LogP contribution in [0, 0.1) is 13.8 Å². The maximum absolute atomic E-state index is 5.55. The van der Waals surface area contributed by atoms with Crippen LogP contribution in [-0.4, -0.2) is 34.2 Å². The van der Waals surface area contributed by atoms with Crippen molar-refractivity contribution in [3.63, 3.8) is 0 Å². The van der Waals surface area contributed by atoms with Crippen LogP contribution in [0.2, 0.25) is 0 Å². The molecule has 0 heterocycles. The van der Waals surface area contributed by atoms with E-state index in [1.807, 2.05) is 0 Å². The largest absolute Gasteiger partial charge is 0.467 e. The molecular formula is C14H23NO3. The van der Waals surface area contributed by atoms with Crippen LogP contribution in [0.4, 0.5) is 0 Å². The second-order valence-corrected chi connectivity index (χ2v) is 4.28. The average molecular weight is 253 g/mol. The molecule has 0 saturated heterocycles. The quantitative estimate of drug-likeness (QED) is 0.568. The van der Waals surface area contributed by atoms with Crippen LogP contribution in [0.1, 0.15) is 16.7 Å². The summed E-state index contributed by atoms with van der Waals surface area (Å²) in [6, 6.07) is 4.27. The summed E-state index contributed by atoms with van der Waals surface area (Å²) >= 11 is 0. The molecule has 0 saturated carbocycles. The highest BCUT2D eigenvalue weighted by molar-refractivity contribution is 5.43. The van der Waals surface area contributed by atoms with E-state index in [2.05, 4.69) is 31.3 Å². The molecule has 1 rings (SSSR count). The van der Waals surface area contributed by atoms with Gasteiger partial charge in [-0.25, -0.2) is 0 Å². The predicted molar refractivity (Wildman–Crippen MR) is 72.0 cm³/mol. The lowest BCUT2D eigenvalue weighted by Gasteiger charge is -2.13. The van der Waals surface area contributed by atoms with Gasteiger partial charge in [0.15, 0.2) is 6.79 Å². The summed E-state index contributed by atoms with van der Waals surface area (Å²) in [6.45, 7) is 6.82. The molecule has 0 spiro atoms. The molecule has 0 amide bonds. The van der Waals surface area contributed by atoms with Crippen LogP contribution in [0.5, 0.6) is 5.75 Å². The minimum absolute atomic E-state index is 0.285. The van der Waals surface area contributed by atoms with Crippen molar-refractivity contribution in [2.24, 2.45) is 0 Å². The number of nitrogens with one attached hydrogen (secondary N) is 1. The van der Waals surface area contributed by atoms with Crippen molar-refractivity contribution in [3.05, 3.63) is 28.8 Å². The summed E-state index contributed by atoms with van der Waals surface area (Å²) in [6.07, 6.45) is 0. The molecule has 18 heavy (non-hydrogen) atoms. The third-order valence-electron chi connectivity index (χ3n) is 2.65. The van der Waals surface area contributed by atoms with Gasteiger partial charge in [-0.2, -0.15) is 0 Å². The van der Waals surface area contributed by atoms with Gasteiger partial charge in [0, 0.05) is 27.3 Å². The van der Waals surface area contributed by atoms with Gasteiger partial charge in [-0.05, 0) is 30.5 Å². The summed E-state index contributed by atoms with van der Waals surface area (Å²) in [5.41, 5.74) is 3.53. The van der Waals surface area contributed by atoms with E-state index in [-0.39, 0.29) is 6.79 Å². The van der Waals surface area contributed by atoms with E-state index in [1.54, 1.807) is 14.2 Å². The van der Waals surface area contributed by atoms with Crippen molar-refractivity contribution >= 4 is 0 Å². The molecule has 0 bridgehead atoms. The fourth-order valence-corrected chi connectivity index (χ4v) is 1.89. The van der Waals surface area contributed by atoms with E-state index in [0.29, 0.717) is 0 Å². The van der Waals surface area contributed by atoms with Crippen molar-refractivity contribution in [2.75, 3.05) is 34.2 Å². The Hall–Kier alpha value is -1.10. The molecule has 0 aliphatic rings. The van der Waals surface area contributed by atoms with Crippen molar-refractivity contribution in [3.8, 4) is 5.75 Å². The topological polar surface area (TPSA) is 39.7 Å². The van der Waals surface area contributed by atoms with Gasteiger partial charge in [0.05, 0.1) is 6.61 Å². The molecule has 0 atom stereocenters. The summed E-state index contributed by atoms with van der Waals surface area (Å²) in [7, 11) is 3.33. The third-order valence-corrected chi connectivity index (χ3v) is 2.65. The minimum atomic E-state index is 0.285. The van der Waals surface area contributed by atoms with Gasteiger partial charge in [-0.3, -0.25) is 0 Å². The number of hydrogen-bond acceptors (Lipinski definition) is 4. The molecule has 4 nitrogen and oxygen atoms in total. The zero-order chi connectivity index (χ0) is 13.4. The molecule has 102 valence electrons. The highest BCUT2D eigenvalue weighted by Crippen LogP contribution is 2.24. The van der Waals surface area contributed by atoms with Crippen LogP contribution in [0.25, 0.3) is 0 Å². The first-order valence-corrected chi connectivity index (χ1v) is 6.10. The molecule has 0 fully saturated rings. The van der Waals surface area contributed by atoms with Crippen LogP contribution in [-0.2, 0) is 16.0 Å². The van der Waals surface area contributed by atoms with Crippen LogP contribution in [0.15, 0.2) is 12.1 Å². The lowest BCUT2D eigenvalue weighted by atomic mass is 10.1. The normalized spacial score (nSPS) is 10.7. The first kappa shape index (κ1) is 15.0. The Morgan fingerprint density at radius 2 is 1.72 bits per heavy atom. The molecular weight excluding hydrogens is 230 g/mol. The Morgan fingerprint density at radius 1 is 1.06 bits per heavy atom. The van der Waals surface area contributed by atoms with E-state index in [9.17, 15) is 0 Å². The molecule has 0 aliphatic heterocycles. The van der Waals surface area contributed by atoms with E-state index in [1.165, 1.54) is 5.56 Å². The summed E-state index contributed by atoms with van der Waals surface area (Å²) in [4.78, 5) is 0. The number of ether oxygens (including phenoxy) is 3. The fraction of sp³-hybridized carbons (Fsp3) is 0.571. The highest BCUT2D eigenvalue weighted by Gasteiger charge is 2.06. The van der Waals surface area contributed by atoms with Crippen molar-refractivity contribution in [2.45, 2.75) is 20.4 Å². The Kier molecular flexibility index (Phi) is 6.72. The van der Waals surface area contributed by atoms with Crippen molar-refractivity contribution < 1.29 is 14.2 Å². The van der Waals surface area contributed by atoms with E-state index in [0.717, 1.165) is 36.6 Å². The van der Waals surface area contributed by atoms with Gasteiger partial charge in [0.2, 0.25) is 0 Å². The van der Waals surface area contributed by atoms with E-state index >= 15 is 0 Å². The first-order valence-electron chi connectivity index (χ1n) is 6.10. The predicted octanol–water partition coefficient (Wildman–Crippen LogP) is 2.02. The molecule has 1 aromatic carbocycles. The number of rotatable bonds is 8. The standard InChI is InChI=1S/C14H23NO3/c1-11-7-13(9-15-5-6-16-3)8-12(2)14(11)18-10-17-4/h7-8,15H,5-6,9-10H2,1-4H3. The number of aryl methyl sites for hydroxylation is 2. The van der Waals surface area contributed by atoms with Gasteiger partial charge < -0.3 is 19.5 Å². The van der Waals surface area contributed by atoms with Crippen molar-refractivity contribution in [1.82, 2.24) is 5.32 Å². The average Bonchev–Trinajstić information content (AvgIpc) is 2.34. The second kappa shape index (κ2) is 8.08. The molecule has 0 aliphatic carbocycles. The number of benzene rings is 1. The van der Waals surface area contributed by atoms with Gasteiger partial charge in [-0.1, -0.05) is 12.1 Å². The molecule has 1 N–H and O–H groups in total. The molecule has 0 unspecified atom stereocenters. The lowest BCUT2D eigenvalue weighted by molar-refractivity contribution is 0.0501. The van der Waals surface area contributed by atoms with E-state index in [4.69, 9.17) is 14.2 Å². The lowest BCUT2D eigenvalue weighted by Crippen LogP contribution is -2.18. The maximum Gasteiger partial charge on any atom is 0.188 e. The van der Waals surface area contributed by atoms with Crippen LogP contribution < -0.4 is 10.1 Å². The summed E-state index contributed by atoms with van der Waals surface area (Å²) in [5.74, 6) is 0.914. The molecule has 4 heteroatoms. The summed E-state index contributed by atoms with van der Waals surface area (Å²) in [5, 5.41) is 3.33. The zero-order valence-corrected chi connectivity index (χ0v) is 11.7. The minimum Gasteiger partial charge on any atom is -0.467 e. The Bertz CT molecular complexity index is 343. The Balaban J connectivity index is 2.61. The Morgan fingerprint density at radius 3 is 2.28 bits per heavy atom. The number of methoxy groups -OCH3 is 2. The second-order valence-electron chi connectivity index (χ2n) is 4.28. The SMILES string of the molecule is COCCNCc1cc(C)c(OCOC)c(C)c1. The Labute approximate surface area is 109 Å². The zero-order valence-electron chi connectivity index (χ0n) is 11.7. The summed E-state index contributed by atoms with van der Waals surface area (Å²) < 4.78 is 15.5. The van der Waals surface area contributed by atoms with Crippen molar-refractivity contribution in [1.29, 1.82) is 0 Å². The monoisotopic (exact) mass is 253 g/mol. The van der Waals surface area contributed by atoms with Crippen LogP contribution in [0.3, 0.4) is 0 Å². The van der Waals surface area contributed by atoms with Gasteiger partial charge in [0.1, 0.15) is 5.75 Å².